The number of carbonyl (C=O) groups excluding carboxylic acids is 2. The van der Waals surface area contributed by atoms with E-state index in [1.807, 2.05) is 7.05 Å². The van der Waals surface area contributed by atoms with Gasteiger partial charge in [-0.15, -0.1) is 4.28 Å². The zero-order valence-electron chi connectivity index (χ0n) is 13.8. The van der Waals surface area contributed by atoms with Crippen LogP contribution in [0, 0.1) is 0 Å². The van der Waals surface area contributed by atoms with Gasteiger partial charge in [-0.1, -0.05) is 0 Å². The molecule has 0 aromatic heterocycles. The monoisotopic (exact) mass is 378 g/mol. The van der Waals surface area contributed by atoms with Crippen LogP contribution in [0.25, 0.3) is 0 Å². The van der Waals surface area contributed by atoms with Gasteiger partial charge in [0.1, 0.15) is 6.04 Å². The maximum atomic E-state index is 12.4. The van der Waals surface area contributed by atoms with E-state index in [2.05, 4.69) is 14.7 Å². The summed E-state index contributed by atoms with van der Waals surface area (Å²) in [4.78, 5) is 33.5. The number of piperidine rings is 2. The lowest BCUT2D eigenvalue weighted by Gasteiger charge is -2.31. The maximum absolute atomic E-state index is 12.4. The number of carbonyl (C=O) groups is 2. The van der Waals surface area contributed by atoms with Crippen LogP contribution in [0.4, 0.5) is 4.79 Å². The number of fused-ring (bicyclic) bond motifs is 2. The normalized spacial score (nSPS) is 28.5. The first kappa shape index (κ1) is 18.3. The minimum atomic E-state index is -4.80. The van der Waals surface area contributed by atoms with Gasteiger partial charge in [0.25, 0.3) is 5.91 Å². The number of urea groups is 1. The minimum Gasteiger partial charge on any atom is -0.309 e. The summed E-state index contributed by atoms with van der Waals surface area (Å²) < 4.78 is 34.8. The Morgan fingerprint density at radius 2 is 1.92 bits per heavy atom. The highest BCUT2D eigenvalue weighted by Crippen LogP contribution is 2.30. The van der Waals surface area contributed by atoms with E-state index in [0.717, 1.165) is 25.9 Å². The smallest absolute Gasteiger partial charge is 0.309 e. The number of hydrogen-bond donors (Lipinski definition) is 2. The third-order valence-electron chi connectivity index (χ3n) is 4.79. The Bertz CT molecular complexity index is 634. The van der Waals surface area contributed by atoms with Crippen LogP contribution >= 0.6 is 0 Å². The molecule has 0 aromatic carbocycles. The molecule has 0 aromatic rings. The number of amides is 3. The van der Waals surface area contributed by atoms with Gasteiger partial charge in [-0.3, -0.25) is 14.2 Å². The van der Waals surface area contributed by atoms with Crippen molar-refractivity contribution in [2.45, 2.75) is 43.9 Å². The largest absolute Gasteiger partial charge is 0.418 e. The van der Waals surface area contributed by atoms with E-state index in [4.69, 9.17) is 9.39 Å². The predicted octanol–water partition coefficient (Wildman–Crippen LogP) is -0.869. The lowest BCUT2D eigenvalue weighted by molar-refractivity contribution is -0.146. The molecular weight excluding hydrogens is 356 g/mol. The average molecular weight is 378 g/mol. The van der Waals surface area contributed by atoms with Gasteiger partial charge in [0.15, 0.2) is 0 Å². The Balaban J connectivity index is 1.55. The second kappa shape index (κ2) is 7.03. The molecule has 12 heteroatoms. The summed E-state index contributed by atoms with van der Waals surface area (Å²) >= 11 is 0. The van der Waals surface area contributed by atoms with E-state index in [1.165, 1.54) is 4.90 Å². The van der Waals surface area contributed by atoms with Crippen LogP contribution in [0.5, 0.6) is 0 Å². The highest BCUT2D eigenvalue weighted by atomic mass is 32.3. The van der Waals surface area contributed by atoms with E-state index >= 15 is 0 Å². The number of nitrogens with zero attached hydrogens (tertiary/aromatic N) is 3. The molecular formula is C13H22N4O7S. The van der Waals surface area contributed by atoms with Crippen LogP contribution in [-0.4, -0.2) is 84.6 Å². The van der Waals surface area contributed by atoms with Crippen molar-refractivity contribution in [3.05, 3.63) is 0 Å². The molecule has 3 amide bonds. The second-order valence-electron chi connectivity index (χ2n) is 6.60. The molecule has 3 rings (SSSR count). The molecule has 0 unspecified atom stereocenters. The first-order valence-corrected chi connectivity index (χ1v) is 9.52. The van der Waals surface area contributed by atoms with Crippen LogP contribution in [0.15, 0.2) is 0 Å². The van der Waals surface area contributed by atoms with Crippen molar-refractivity contribution in [2.24, 2.45) is 0 Å². The van der Waals surface area contributed by atoms with Crippen molar-refractivity contribution in [1.82, 2.24) is 20.3 Å². The van der Waals surface area contributed by atoms with Gasteiger partial charge in [0.2, 0.25) is 0 Å². The molecule has 11 nitrogen and oxygen atoms in total. The fourth-order valence-corrected chi connectivity index (χ4v) is 3.80. The van der Waals surface area contributed by atoms with E-state index in [9.17, 15) is 18.0 Å². The van der Waals surface area contributed by atoms with Gasteiger partial charge in [-0.2, -0.15) is 13.5 Å². The van der Waals surface area contributed by atoms with Crippen molar-refractivity contribution < 1.29 is 31.7 Å². The van der Waals surface area contributed by atoms with E-state index < -0.39 is 34.4 Å². The Hall–Kier alpha value is -1.47. The molecule has 0 radical (unpaired) electrons. The molecule has 3 heterocycles. The molecule has 0 spiro atoms. The van der Waals surface area contributed by atoms with E-state index in [0.29, 0.717) is 17.9 Å². The quantitative estimate of drug-likeness (QED) is 0.467. The van der Waals surface area contributed by atoms with Crippen molar-refractivity contribution in [2.75, 3.05) is 26.7 Å². The summed E-state index contributed by atoms with van der Waals surface area (Å²) in [5.41, 5.74) is 2.43. The van der Waals surface area contributed by atoms with Gasteiger partial charge in [-0.25, -0.2) is 10.3 Å². The topological polar surface area (TPSA) is 129 Å². The third kappa shape index (κ3) is 4.20. The Labute approximate surface area is 145 Å². The molecule has 2 N–H and O–H groups in total. The zero-order valence-corrected chi connectivity index (χ0v) is 14.6. The predicted molar refractivity (Wildman–Crippen MR) is 83.1 cm³/mol. The lowest BCUT2D eigenvalue weighted by Crippen LogP contribution is -2.50. The molecule has 3 saturated heterocycles. The first-order chi connectivity index (χ1) is 11.7. The Kier molecular flexibility index (Phi) is 5.16. The molecule has 3 fully saturated rings. The Morgan fingerprint density at radius 3 is 2.56 bits per heavy atom. The molecule has 3 aliphatic rings. The summed E-state index contributed by atoms with van der Waals surface area (Å²) in [6.07, 6.45) is 2.28. The SMILES string of the molecule is CN1CCC(ONC(=O)[C@@H]2CC[C@@H]3CN2C(=O)N3OS(=O)(=O)O)CC1. The number of rotatable bonds is 5. The highest BCUT2D eigenvalue weighted by Gasteiger charge is 2.49. The highest BCUT2D eigenvalue weighted by molar-refractivity contribution is 7.80. The van der Waals surface area contributed by atoms with Gasteiger partial charge in [0, 0.05) is 19.6 Å². The van der Waals surface area contributed by atoms with Crippen molar-refractivity contribution in [3.63, 3.8) is 0 Å². The third-order valence-corrected chi connectivity index (χ3v) is 5.14. The fraction of sp³-hybridized carbons (Fsp3) is 0.846. The van der Waals surface area contributed by atoms with Gasteiger partial charge >= 0.3 is 16.4 Å². The number of nitrogens with one attached hydrogen (secondary N) is 1. The van der Waals surface area contributed by atoms with Crippen LogP contribution in [0.1, 0.15) is 25.7 Å². The van der Waals surface area contributed by atoms with Crippen LogP contribution in [-0.2, 0) is 24.3 Å². The molecule has 3 aliphatic heterocycles. The van der Waals surface area contributed by atoms with Crippen molar-refractivity contribution in [3.8, 4) is 0 Å². The van der Waals surface area contributed by atoms with Crippen molar-refractivity contribution in [1.29, 1.82) is 0 Å². The first-order valence-electron chi connectivity index (χ1n) is 8.15. The number of hydroxylamine groups is 3. The van der Waals surface area contributed by atoms with Gasteiger partial charge in [0.05, 0.1) is 12.1 Å². The van der Waals surface area contributed by atoms with Gasteiger partial charge < -0.3 is 9.80 Å². The van der Waals surface area contributed by atoms with Gasteiger partial charge in [-0.05, 0) is 32.7 Å². The molecule has 2 atom stereocenters. The second-order valence-corrected chi connectivity index (χ2v) is 7.60. The molecule has 0 saturated carbocycles. The van der Waals surface area contributed by atoms with E-state index in [1.54, 1.807) is 0 Å². The number of hydrogen-bond acceptors (Lipinski definition) is 7. The summed E-state index contributed by atoms with van der Waals surface area (Å²) in [6, 6.07) is -2.04. The van der Waals surface area contributed by atoms with Crippen LogP contribution in [0.2, 0.25) is 0 Å². The standard InChI is InChI=1S/C13H22N4O7S/c1-15-6-4-10(5-7-15)23-14-12(18)11-3-2-9-8-16(11)13(19)17(9)24-25(20,21)22/h9-11H,2-8H2,1H3,(H,14,18)(H,20,21,22)/t9-,11+/m1/s1. The van der Waals surface area contributed by atoms with Crippen molar-refractivity contribution >= 4 is 22.3 Å². The van der Waals surface area contributed by atoms with Crippen LogP contribution < -0.4 is 5.48 Å². The maximum Gasteiger partial charge on any atom is 0.418 e. The lowest BCUT2D eigenvalue weighted by atomic mass is 10.0. The summed E-state index contributed by atoms with van der Waals surface area (Å²) in [5, 5.41) is 0.612. The zero-order chi connectivity index (χ0) is 18.2. The van der Waals surface area contributed by atoms with E-state index in [-0.39, 0.29) is 12.6 Å². The molecule has 0 aliphatic carbocycles. The summed E-state index contributed by atoms with van der Waals surface area (Å²) in [6.45, 7) is 1.93. The van der Waals surface area contributed by atoms with Crippen LogP contribution in [0.3, 0.4) is 0 Å². The molecule has 25 heavy (non-hydrogen) atoms. The molecule has 2 bridgehead atoms. The average Bonchev–Trinajstić information content (AvgIpc) is 2.78. The summed E-state index contributed by atoms with van der Waals surface area (Å²) in [7, 11) is -2.78. The summed E-state index contributed by atoms with van der Waals surface area (Å²) in [5.74, 6) is -0.445. The molecule has 142 valence electrons. The fourth-order valence-electron chi connectivity index (χ4n) is 3.42. The Morgan fingerprint density at radius 1 is 1.24 bits per heavy atom. The number of likely N-dealkylation sites (tertiary alicyclic amines) is 1. The minimum absolute atomic E-state index is 0.0647.